The van der Waals surface area contributed by atoms with Gasteiger partial charge in [0.15, 0.2) is 27.3 Å². The van der Waals surface area contributed by atoms with Gasteiger partial charge in [-0.1, -0.05) is 31.2 Å². The van der Waals surface area contributed by atoms with E-state index in [9.17, 15) is 8.42 Å². The quantitative estimate of drug-likeness (QED) is 0.258. The molecule has 8 nitrogen and oxygen atoms in total. The van der Waals surface area contributed by atoms with Crippen molar-refractivity contribution < 1.29 is 8.42 Å². The van der Waals surface area contributed by atoms with Crippen molar-refractivity contribution in [3.63, 3.8) is 0 Å². The number of aliphatic imine (C=N–C) groups is 1. The van der Waals surface area contributed by atoms with Gasteiger partial charge in [-0.2, -0.15) is 0 Å². The summed E-state index contributed by atoms with van der Waals surface area (Å²) >= 11 is 0. The zero-order chi connectivity index (χ0) is 20.7. The number of guanidine groups is 1. The zero-order valence-corrected chi connectivity index (χ0v) is 20.2. The Bertz CT molecular complexity index is 1070. The van der Waals surface area contributed by atoms with E-state index in [-0.39, 0.29) is 35.8 Å². The van der Waals surface area contributed by atoms with Crippen LogP contribution in [0.2, 0.25) is 0 Å². The minimum absolute atomic E-state index is 0. The number of halogens is 1. The average molecular weight is 542 g/mol. The first-order chi connectivity index (χ1) is 14.0. The van der Waals surface area contributed by atoms with E-state index in [1.807, 2.05) is 42.6 Å². The summed E-state index contributed by atoms with van der Waals surface area (Å²) in [4.78, 5) is 4.90. The van der Waals surface area contributed by atoms with Gasteiger partial charge in [-0.05, 0) is 37.6 Å². The van der Waals surface area contributed by atoms with Crippen LogP contribution in [0.5, 0.6) is 0 Å². The molecule has 0 fully saturated rings. The molecule has 1 aromatic carbocycles. The van der Waals surface area contributed by atoms with Crippen molar-refractivity contribution in [2.24, 2.45) is 4.99 Å². The predicted molar refractivity (Wildman–Crippen MR) is 129 cm³/mol. The fourth-order valence-corrected chi connectivity index (χ4v) is 4.53. The Kier molecular flexibility index (Phi) is 9.03. The molecule has 0 saturated carbocycles. The number of nitrogens with one attached hydrogen (secondary N) is 2. The van der Waals surface area contributed by atoms with E-state index in [1.165, 1.54) is 0 Å². The maximum absolute atomic E-state index is 12.7. The first kappa shape index (κ1) is 24.1. The normalized spacial score (nSPS) is 12.9. The topological polar surface area (TPSA) is 101 Å². The molecule has 2 aromatic heterocycles. The van der Waals surface area contributed by atoms with Crippen LogP contribution in [0.4, 0.5) is 0 Å². The number of fused-ring (bicyclic) bond motifs is 1. The lowest BCUT2D eigenvalue weighted by atomic mass is 10.3. The number of hydrogen-bond donors (Lipinski definition) is 2. The second kappa shape index (κ2) is 11.3. The van der Waals surface area contributed by atoms with Gasteiger partial charge in [0, 0.05) is 18.8 Å². The fourth-order valence-electron chi connectivity index (χ4n) is 2.91. The van der Waals surface area contributed by atoms with E-state index in [4.69, 9.17) is 0 Å². The number of sulfone groups is 1. The fraction of sp³-hybridized carbons (Fsp3) is 0.350. The maximum atomic E-state index is 12.7. The highest BCUT2D eigenvalue weighted by atomic mass is 127. The number of rotatable bonds is 8. The lowest BCUT2D eigenvalue weighted by molar-refractivity contribution is 0.568. The van der Waals surface area contributed by atoms with Crippen molar-refractivity contribution in [1.29, 1.82) is 0 Å². The highest BCUT2D eigenvalue weighted by molar-refractivity contribution is 14.0. The third kappa shape index (κ3) is 6.14. The van der Waals surface area contributed by atoms with Gasteiger partial charge < -0.3 is 10.6 Å². The van der Waals surface area contributed by atoms with Crippen LogP contribution in [0.25, 0.3) is 5.65 Å². The smallest absolute Gasteiger partial charge is 0.191 e. The van der Waals surface area contributed by atoms with Crippen molar-refractivity contribution in [2.45, 2.75) is 37.8 Å². The van der Waals surface area contributed by atoms with Gasteiger partial charge in [0.2, 0.25) is 0 Å². The summed E-state index contributed by atoms with van der Waals surface area (Å²) in [7, 11) is -3.39. The van der Waals surface area contributed by atoms with Crippen molar-refractivity contribution in [3.05, 3.63) is 60.6 Å². The number of nitrogens with zero attached hydrogens (tertiary/aromatic N) is 4. The SMILES string of the molecule is CCNC(=NCc1nnc2ccccn12)NC(CC)CS(=O)(=O)c1ccccc1.I. The van der Waals surface area contributed by atoms with E-state index < -0.39 is 9.84 Å². The Hall–Kier alpha value is -2.21. The standard InChI is InChI=1S/C20H26N6O2S.HI/c1-3-16(15-29(27,28)17-10-6-5-7-11-17)23-20(21-4-2)22-14-19-25-24-18-12-8-9-13-26(18)19;/h5-13,16H,3-4,14-15H2,1-2H3,(H2,21,22,23);1H. The summed E-state index contributed by atoms with van der Waals surface area (Å²) in [6.07, 6.45) is 2.53. The molecule has 0 aliphatic rings. The highest BCUT2D eigenvalue weighted by Gasteiger charge is 2.21. The van der Waals surface area contributed by atoms with E-state index in [0.717, 1.165) is 5.65 Å². The van der Waals surface area contributed by atoms with Gasteiger partial charge in [0.1, 0.15) is 6.54 Å². The van der Waals surface area contributed by atoms with Gasteiger partial charge in [-0.15, -0.1) is 34.2 Å². The first-order valence-electron chi connectivity index (χ1n) is 9.64. The molecule has 2 heterocycles. The molecule has 3 aromatic rings. The van der Waals surface area contributed by atoms with Crippen LogP contribution < -0.4 is 10.6 Å². The zero-order valence-electron chi connectivity index (χ0n) is 17.0. The molecular weight excluding hydrogens is 515 g/mol. The van der Waals surface area contributed by atoms with Gasteiger partial charge in [-0.25, -0.2) is 13.4 Å². The van der Waals surface area contributed by atoms with Crippen LogP contribution >= 0.6 is 24.0 Å². The summed E-state index contributed by atoms with van der Waals surface area (Å²) in [5, 5.41) is 14.7. The molecule has 0 aliphatic carbocycles. The first-order valence-corrected chi connectivity index (χ1v) is 11.3. The third-order valence-electron chi connectivity index (χ3n) is 4.46. The van der Waals surface area contributed by atoms with Crippen LogP contribution in [-0.4, -0.2) is 47.3 Å². The van der Waals surface area contributed by atoms with E-state index in [1.54, 1.807) is 30.3 Å². The lowest BCUT2D eigenvalue weighted by Gasteiger charge is -2.20. The Morgan fingerprint density at radius 2 is 1.83 bits per heavy atom. The molecule has 0 saturated heterocycles. The van der Waals surface area contributed by atoms with Gasteiger partial charge in [0.25, 0.3) is 0 Å². The maximum Gasteiger partial charge on any atom is 0.191 e. The molecule has 0 spiro atoms. The average Bonchev–Trinajstić information content (AvgIpc) is 3.15. The third-order valence-corrected chi connectivity index (χ3v) is 6.30. The second-order valence-electron chi connectivity index (χ2n) is 6.58. The summed E-state index contributed by atoms with van der Waals surface area (Å²) < 4.78 is 27.3. The minimum Gasteiger partial charge on any atom is -0.357 e. The number of hydrogen-bond acceptors (Lipinski definition) is 5. The second-order valence-corrected chi connectivity index (χ2v) is 8.62. The molecule has 1 unspecified atom stereocenters. The monoisotopic (exact) mass is 542 g/mol. The molecule has 1 atom stereocenters. The Morgan fingerprint density at radius 3 is 2.53 bits per heavy atom. The largest absolute Gasteiger partial charge is 0.357 e. The molecule has 30 heavy (non-hydrogen) atoms. The Balaban J connectivity index is 0.00000320. The molecule has 10 heteroatoms. The molecule has 0 radical (unpaired) electrons. The summed E-state index contributed by atoms with van der Waals surface area (Å²) in [5.74, 6) is 1.25. The molecule has 2 N–H and O–H groups in total. The van der Waals surface area contributed by atoms with Crippen molar-refractivity contribution >= 4 is 45.4 Å². The summed E-state index contributed by atoms with van der Waals surface area (Å²) in [6.45, 7) is 4.90. The Labute approximate surface area is 194 Å². The van der Waals surface area contributed by atoms with Gasteiger partial charge in [0.05, 0.1) is 10.6 Å². The van der Waals surface area contributed by atoms with Crippen LogP contribution in [0.1, 0.15) is 26.1 Å². The van der Waals surface area contributed by atoms with Crippen LogP contribution in [0.3, 0.4) is 0 Å². The number of aromatic nitrogens is 3. The van der Waals surface area contributed by atoms with Crippen molar-refractivity contribution in [3.8, 4) is 0 Å². The van der Waals surface area contributed by atoms with Crippen molar-refractivity contribution in [1.82, 2.24) is 25.2 Å². The van der Waals surface area contributed by atoms with E-state index in [0.29, 0.717) is 36.2 Å². The minimum atomic E-state index is -3.39. The molecule has 162 valence electrons. The van der Waals surface area contributed by atoms with E-state index >= 15 is 0 Å². The van der Waals surface area contributed by atoms with Gasteiger partial charge >= 0.3 is 0 Å². The molecule has 3 rings (SSSR count). The number of pyridine rings is 1. The Morgan fingerprint density at radius 1 is 1.10 bits per heavy atom. The van der Waals surface area contributed by atoms with Crippen LogP contribution in [-0.2, 0) is 16.4 Å². The summed E-state index contributed by atoms with van der Waals surface area (Å²) in [5.41, 5.74) is 0.760. The van der Waals surface area contributed by atoms with Crippen molar-refractivity contribution in [2.75, 3.05) is 12.3 Å². The molecule has 0 bridgehead atoms. The highest BCUT2D eigenvalue weighted by Crippen LogP contribution is 2.12. The van der Waals surface area contributed by atoms with Crippen LogP contribution in [0.15, 0.2) is 64.6 Å². The summed E-state index contributed by atoms with van der Waals surface area (Å²) in [6, 6.07) is 13.9. The van der Waals surface area contributed by atoms with Gasteiger partial charge in [-0.3, -0.25) is 4.40 Å². The molecule has 0 amide bonds. The molecule has 0 aliphatic heterocycles. The van der Waals surface area contributed by atoms with Crippen LogP contribution in [0, 0.1) is 0 Å². The number of benzene rings is 1. The molecular formula is C20H27IN6O2S. The predicted octanol–water partition coefficient (Wildman–Crippen LogP) is 2.65. The van der Waals surface area contributed by atoms with E-state index in [2.05, 4.69) is 25.8 Å². The lowest BCUT2D eigenvalue weighted by Crippen LogP contribution is -2.46.